The summed E-state index contributed by atoms with van der Waals surface area (Å²) in [5.41, 5.74) is 6.51. The number of rotatable bonds is 6. The Morgan fingerprint density at radius 1 is 1.56 bits per heavy atom. The van der Waals surface area contributed by atoms with Gasteiger partial charge in [0.2, 0.25) is 0 Å². The first-order valence-corrected chi connectivity index (χ1v) is 6.19. The van der Waals surface area contributed by atoms with Crippen molar-refractivity contribution >= 4 is 28.5 Å². The zero-order chi connectivity index (χ0) is 12.1. The summed E-state index contributed by atoms with van der Waals surface area (Å²) in [7, 11) is 5.72. The molecule has 0 unspecified atom stereocenters. The van der Waals surface area contributed by atoms with E-state index in [2.05, 4.69) is 9.88 Å². The van der Waals surface area contributed by atoms with E-state index >= 15 is 0 Å². The molecule has 0 radical (unpaired) electrons. The van der Waals surface area contributed by atoms with E-state index < -0.39 is 0 Å². The first kappa shape index (κ1) is 13.5. The Bertz CT molecular complexity index is 363. The summed E-state index contributed by atoms with van der Waals surface area (Å²) in [5.74, 6) is 0. The van der Waals surface area contributed by atoms with E-state index in [-0.39, 0.29) is 0 Å². The highest BCUT2D eigenvalue weighted by Crippen LogP contribution is 2.20. The monoisotopic (exact) mass is 259 g/mol. The van der Waals surface area contributed by atoms with Crippen molar-refractivity contribution in [2.75, 3.05) is 27.7 Å². The third kappa shape index (κ3) is 3.79. The first-order chi connectivity index (χ1) is 7.54. The number of likely N-dealkylation sites (N-methyl/N-ethyl adjacent to an activating group) is 1. The van der Waals surface area contributed by atoms with Crippen LogP contribution in [-0.2, 0) is 17.8 Å². The maximum atomic E-state index is 5.65. The quantitative estimate of drug-likeness (QED) is 0.773. The number of thiocarbonyl (C=S) groups is 1. The third-order valence-electron chi connectivity index (χ3n) is 2.02. The molecule has 0 aliphatic rings. The molecule has 0 amide bonds. The molecule has 90 valence electrons. The van der Waals surface area contributed by atoms with Gasteiger partial charge in [0.05, 0.1) is 22.2 Å². The van der Waals surface area contributed by atoms with Crippen LogP contribution in [0.1, 0.15) is 15.6 Å². The van der Waals surface area contributed by atoms with E-state index in [1.165, 1.54) is 0 Å². The Hall–Kier alpha value is -0.560. The molecule has 0 aromatic carbocycles. The van der Waals surface area contributed by atoms with Crippen LogP contribution >= 0.6 is 23.6 Å². The minimum atomic E-state index is 0.403. The fraction of sp³-hybridized carbons (Fsp3) is 0.600. The van der Waals surface area contributed by atoms with Crippen LogP contribution in [-0.4, -0.2) is 42.6 Å². The summed E-state index contributed by atoms with van der Waals surface area (Å²) in [6.07, 6.45) is 0.914. The van der Waals surface area contributed by atoms with Gasteiger partial charge in [0.1, 0.15) is 4.99 Å². The molecule has 0 spiro atoms. The van der Waals surface area contributed by atoms with Gasteiger partial charge < -0.3 is 15.4 Å². The molecular weight excluding hydrogens is 242 g/mol. The standard InChI is InChI=1S/C10H17N3OS2/c1-13(2)5-4-8-12-7(6-14-3)9(16-8)10(11)15/h4-6H2,1-3H3,(H2,11,15). The normalized spacial score (nSPS) is 11.0. The van der Waals surface area contributed by atoms with Crippen molar-refractivity contribution in [1.29, 1.82) is 0 Å². The Balaban J connectivity index is 2.79. The fourth-order valence-electron chi connectivity index (χ4n) is 1.25. The largest absolute Gasteiger partial charge is 0.389 e. The predicted octanol–water partition coefficient (Wildman–Crippen LogP) is 1.03. The van der Waals surface area contributed by atoms with Crippen LogP contribution in [0.2, 0.25) is 0 Å². The molecule has 1 heterocycles. The molecule has 1 aromatic rings. The minimum absolute atomic E-state index is 0.403. The van der Waals surface area contributed by atoms with Gasteiger partial charge in [0.25, 0.3) is 0 Å². The van der Waals surface area contributed by atoms with Crippen molar-refractivity contribution in [2.24, 2.45) is 5.73 Å². The third-order valence-corrected chi connectivity index (χ3v) is 3.54. The molecule has 2 N–H and O–H groups in total. The lowest BCUT2D eigenvalue weighted by Crippen LogP contribution is -2.14. The van der Waals surface area contributed by atoms with E-state index in [1.54, 1.807) is 18.4 Å². The summed E-state index contributed by atoms with van der Waals surface area (Å²) in [4.78, 5) is 7.90. The fourth-order valence-corrected chi connectivity index (χ4v) is 2.40. The maximum absolute atomic E-state index is 5.65. The molecule has 1 rings (SSSR count). The molecule has 0 fully saturated rings. The zero-order valence-electron chi connectivity index (χ0n) is 9.82. The Morgan fingerprint density at radius 3 is 2.75 bits per heavy atom. The maximum Gasteiger partial charge on any atom is 0.116 e. The highest BCUT2D eigenvalue weighted by molar-refractivity contribution is 7.81. The lowest BCUT2D eigenvalue weighted by molar-refractivity contribution is 0.181. The number of thiazole rings is 1. The Kier molecular flexibility index (Phi) is 5.27. The molecule has 4 nitrogen and oxygen atoms in total. The van der Waals surface area contributed by atoms with E-state index in [0.717, 1.165) is 28.5 Å². The summed E-state index contributed by atoms with van der Waals surface area (Å²) in [5, 5.41) is 1.06. The van der Waals surface area contributed by atoms with Crippen LogP contribution in [0.15, 0.2) is 0 Å². The summed E-state index contributed by atoms with van der Waals surface area (Å²) in [6.45, 7) is 1.43. The molecule has 6 heteroatoms. The lowest BCUT2D eigenvalue weighted by Gasteiger charge is -2.06. The molecule has 0 bridgehead atoms. The molecular formula is C10H17N3OS2. The van der Waals surface area contributed by atoms with Gasteiger partial charge in [-0.15, -0.1) is 11.3 Å². The molecule has 0 saturated carbocycles. The van der Waals surface area contributed by atoms with E-state index in [1.807, 2.05) is 14.1 Å². The number of hydrogen-bond donors (Lipinski definition) is 1. The number of methoxy groups -OCH3 is 1. The molecule has 0 aliphatic carbocycles. The smallest absolute Gasteiger partial charge is 0.116 e. The summed E-state index contributed by atoms with van der Waals surface area (Å²) < 4.78 is 5.08. The van der Waals surface area contributed by atoms with E-state index in [0.29, 0.717) is 11.6 Å². The molecule has 0 atom stereocenters. The topological polar surface area (TPSA) is 51.4 Å². The van der Waals surface area contributed by atoms with Crippen molar-refractivity contribution in [3.8, 4) is 0 Å². The van der Waals surface area contributed by atoms with Crippen molar-refractivity contribution in [1.82, 2.24) is 9.88 Å². The highest BCUT2D eigenvalue weighted by atomic mass is 32.1. The highest BCUT2D eigenvalue weighted by Gasteiger charge is 2.13. The van der Waals surface area contributed by atoms with E-state index in [9.17, 15) is 0 Å². The van der Waals surface area contributed by atoms with Crippen molar-refractivity contribution < 1.29 is 4.74 Å². The summed E-state index contributed by atoms with van der Waals surface area (Å²) in [6, 6.07) is 0. The van der Waals surface area contributed by atoms with Crippen LogP contribution in [0.3, 0.4) is 0 Å². The second kappa shape index (κ2) is 6.24. The summed E-state index contributed by atoms with van der Waals surface area (Å²) >= 11 is 6.56. The Morgan fingerprint density at radius 2 is 2.25 bits per heavy atom. The predicted molar refractivity (Wildman–Crippen MR) is 71.0 cm³/mol. The second-order valence-corrected chi connectivity index (χ2v) is 5.26. The minimum Gasteiger partial charge on any atom is -0.389 e. The van der Waals surface area contributed by atoms with Gasteiger partial charge in [0, 0.05) is 20.1 Å². The molecule has 0 aliphatic heterocycles. The number of hydrogen-bond acceptors (Lipinski definition) is 5. The van der Waals surface area contributed by atoms with Gasteiger partial charge in [-0.3, -0.25) is 0 Å². The van der Waals surface area contributed by atoms with Crippen LogP contribution in [0.5, 0.6) is 0 Å². The van der Waals surface area contributed by atoms with Crippen LogP contribution in [0.25, 0.3) is 0 Å². The van der Waals surface area contributed by atoms with Crippen molar-refractivity contribution in [2.45, 2.75) is 13.0 Å². The van der Waals surface area contributed by atoms with Gasteiger partial charge in [-0.2, -0.15) is 0 Å². The molecule has 0 saturated heterocycles. The van der Waals surface area contributed by atoms with Gasteiger partial charge in [-0.05, 0) is 14.1 Å². The zero-order valence-corrected chi connectivity index (χ0v) is 11.5. The number of nitrogens with two attached hydrogens (primary N) is 1. The van der Waals surface area contributed by atoms with Gasteiger partial charge in [0.15, 0.2) is 0 Å². The Labute approximate surface area is 105 Å². The second-order valence-electron chi connectivity index (χ2n) is 3.73. The van der Waals surface area contributed by atoms with Crippen LogP contribution in [0.4, 0.5) is 0 Å². The molecule has 16 heavy (non-hydrogen) atoms. The number of aromatic nitrogens is 1. The number of nitrogens with zero attached hydrogens (tertiary/aromatic N) is 2. The average molecular weight is 259 g/mol. The van der Waals surface area contributed by atoms with Crippen LogP contribution < -0.4 is 5.73 Å². The van der Waals surface area contributed by atoms with Gasteiger partial charge >= 0.3 is 0 Å². The first-order valence-electron chi connectivity index (χ1n) is 4.96. The van der Waals surface area contributed by atoms with Crippen LogP contribution in [0, 0.1) is 0 Å². The van der Waals surface area contributed by atoms with Crippen molar-refractivity contribution in [3.63, 3.8) is 0 Å². The average Bonchev–Trinajstić information content (AvgIpc) is 2.59. The SMILES string of the molecule is COCc1nc(CCN(C)C)sc1C(N)=S. The van der Waals surface area contributed by atoms with Gasteiger partial charge in [-0.1, -0.05) is 12.2 Å². The van der Waals surface area contributed by atoms with Crippen molar-refractivity contribution in [3.05, 3.63) is 15.6 Å². The van der Waals surface area contributed by atoms with Gasteiger partial charge in [-0.25, -0.2) is 4.98 Å². The molecule has 1 aromatic heterocycles. The number of ether oxygens (including phenoxy) is 1. The lowest BCUT2D eigenvalue weighted by atomic mass is 10.3. The van der Waals surface area contributed by atoms with E-state index in [4.69, 9.17) is 22.7 Å².